The number of aliphatic carboxylic acids is 1. The van der Waals surface area contributed by atoms with Crippen LogP contribution in [0.3, 0.4) is 0 Å². The number of fused-ring (bicyclic) bond motifs is 1. The SMILES string of the molecule is CCOC(=O)C(Cc1ccc2ncccc2c1)C(=O)O. The first-order valence-electron chi connectivity index (χ1n) is 6.35. The van der Waals surface area contributed by atoms with Gasteiger partial charge in [0.25, 0.3) is 0 Å². The Bertz CT molecular complexity index is 639. The molecule has 0 spiro atoms. The second kappa shape index (κ2) is 6.14. The molecule has 0 aliphatic heterocycles. The lowest BCUT2D eigenvalue weighted by atomic mass is 9.98. The van der Waals surface area contributed by atoms with Crippen LogP contribution >= 0.6 is 0 Å². The summed E-state index contributed by atoms with van der Waals surface area (Å²) in [4.78, 5) is 27.0. The van der Waals surface area contributed by atoms with Crippen molar-refractivity contribution in [2.24, 2.45) is 5.92 Å². The molecule has 1 heterocycles. The molecular weight excluding hydrogens is 258 g/mol. The summed E-state index contributed by atoms with van der Waals surface area (Å²) in [5.74, 6) is -3.05. The fraction of sp³-hybridized carbons (Fsp3) is 0.267. The standard InChI is InChI=1S/C15H15NO4/c1-2-20-15(19)12(14(17)18)9-10-5-6-13-11(8-10)4-3-7-16-13/h3-8,12H,2,9H2,1H3,(H,17,18). The van der Waals surface area contributed by atoms with Crippen molar-refractivity contribution in [3.05, 3.63) is 42.1 Å². The molecule has 1 atom stereocenters. The molecule has 0 saturated carbocycles. The summed E-state index contributed by atoms with van der Waals surface area (Å²) in [6, 6.07) is 9.15. The molecule has 0 fully saturated rings. The molecule has 0 bridgehead atoms. The molecule has 20 heavy (non-hydrogen) atoms. The normalized spacial score (nSPS) is 12.1. The van der Waals surface area contributed by atoms with E-state index in [-0.39, 0.29) is 13.0 Å². The first-order chi connectivity index (χ1) is 9.61. The van der Waals surface area contributed by atoms with Crippen LogP contribution in [0.25, 0.3) is 10.9 Å². The van der Waals surface area contributed by atoms with E-state index in [9.17, 15) is 9.59 Å². The molecule has 1 aromatic heterocycles. The molecule has 104 valence electrons. The Labute approximate surface area is 116 Å². The third-order valence-corrected chi connectivity index (χ3v) is 2.98. The van der Waals surface area contributed by atoms with E-state index in [0.717, 1.165) is 16.5 Å². The van der Waals surface area contributed by atoms with E-state index in [1.54, 1.807) is 19.2 Å². The number of carboxylic acids is 1. The van der Waals surface area contributed by atoms with Gasteiger partial charge in [0.05, 0.1) is 12.1 Å². The van der Waals surface area contributed by atoms with Gasteiger partial charge in [-0.05, 0) is 37.1 Å². The summed E-state index contributed by atoms with van der Waals surface area (Å²) >= 11 is 0. The number of carbonyl (C=O) groups is 2. The molecule has 0 amide bonds. The van der Waals surface area contributed by atoms with E-state index in [4.69, 9.17) is 9.84 Å². The molecule has 0 radical (unpaired) electrons. The maximum Gasteiger partial charge on any atom is 0.320 e. The number of benzene rings is 1. The van der Waals surface area contributed by atoms with Crippen molar-refractivity contribution in [2.75, 3.05) is 6.61 Å². The number of hydrogen-bond acceptors (Lipinski definition) is 4. The fourth-order valence-corrected chi connectivity index (χ4v) is 2.00. The van der Waals surface area contributed by atoms with Crippen LogP contribution < -0.4 is 0 Å². The highest BCUT2D eigenvalue weighted by molar-refractivity contribution is 5.94. The fourth-order valence-electron chi connectivity index (χ4n) is 2.00. The molecule has 5 heteroatoms. The second-order valence-corrected chi connectivity index (χ2v) is 4.38. The zero-order chi connectivity index (χ0) is 14.5. The van der Waals surface area contributed by atoms with Crippen LogP contribution in [0.2, 0.25) is 0 Å². The second-order valence-electron chi connectivity index (χ2n) is 4.38. The average Bonchev–Trinajstić information content (AvgIpc) is 2.44. The minimum Gasteiger partial charge on any atom is -0.481 e. The zero-order valence-electron chi connectivity index (χ0n) is 11.1. The van der Waals surface area contributed by atoms with E-state index in [1.807, 2.05) is 24.3 Å². The van der Waals surface area contributed by atoms with Gasteiger partial charge in [-0.2, -0.15) is 0 Å². The van der Waals surface area contributed by atoms with Crippen LogP contribution in [0.15, 0.2) is 36.5 Å². The number of esters is 1. The number of pyridine rings is 1. The molecule has 1 aromatic carbocycles. The van der Waals surface area contributed by atoms with E-state index in [1.165, 1.54) is 0 Å². The number of carboxylic acid groups (broad SMARTS) is 1. The van der Waals surface area contributed by atoms with Gasteiger partial charge >= 0.3 is 11.9 Å². The summed E-state index contributed by atoms with van der Waals surface area (Å²) in [5.41, 5.74) is 1.60. The largest absolute Gasteiger partial charge is 0.481 e. The van der Waals surface area contributed by atoms with E-state index >= 15 is 0 Å². The Hall–Kier alpha value is -2.43. The van der Waals surface area contributed by atoms with Gasteiger partial charge in [-0.1, -0.05) is 12.1 Å². The highest BCUT2D eigenvalue weighted by Crippen LogP contribution is 2.17. The van der Waals surface area contributed by atoms with Gasteiger partial charge in [-0.15, -0.1) is 0 Å². The Morgan fingerprint density at radius 3 is 2.85 bits per heavy atom. The number of carbonyl (C=O) groups excluding carboxylic acids is 1. The minimum absolute atomic E-state index is 0.110. The highest BCUT2D eigenvalue weighted by Gasteiger charge is 2.27. The lowest BCUT2D eigenvalue weighted by Crippen LogP contribution is -2.27. The Morgan fingerprint density at radius 2 is 2.15 bits per heavy atom. The summed E-state index contributed by atoms with van der Waals surface area (Å²) in [6.07, 6.45) is 1.81. The van der Waals surface area contributed by atoms with E-state index in [0.29, 0.717) is 0 Å². The summed E-state index contributed by atoms with van der Waals surface area (Å²) in [6.45, 7) is 1.82. The quantitative estimate of drug-likeness (QED) is 0.666. The molecule has 2 aromatic rings. The third-order valence-electron chi connectivity index (χ3n) is 2.98. The van der Waals surface area contributed by atoms with Gasteiger partial charge in [-0.3, -0.25) is 14.6 Å². The van der Waals surface area contributed by atoms with Crippen LogP contribution in [0.1, 0.15) is 12.5 Å². The summed E-state index contributed by atoms with van der Waals surface area (Å²) in [7, 11) is 0. The van der Waals surface area contributed by atoms with Gasteiger partial charge in [-0.25, -0.2) is 0 Å². The lowest BCUT2D eigenvalue weighted by molar-refractivity contribution is -0.158. The molecule has 1 unspecified atom stereocenters. The Morgan fingerprint density at radius 1 is 1.35 bits per heavy atom. The number of hydrogen-bond donors (Lipinski definition) is 1. The zero-order valence-corrected chi connectivity index (χ0v) is 11.1. The van der Waals surface area contributed by atoms with Crippen LogP contribution in [-0.4, -0.2) is 28.6 Å². The van der Waals surface area contributed by atoms with E-state index in [2.05, 4.69) is 4.98 Å². The number of ether oxygens (including phenoxy) is 1. The summed E-state index contributed by atoms with van der Waals surface area (Å²) in [5, 5.41) is 10.0. The first kappa shape index (κ1) is 14.0. The van der Waals surface area contributed by atoms with Crippen LogP contribution in [0, 0.1) is 5.92 Å². The molecule has 0 aliphatic carbocycles. The molecule has 1 N–H and O–H groups in total. The van der Waals surface area contributed by atoms with Gasteiger partial charge in [0.1, 0.15) is 0 Å². The first-order valence-corrected chi connectivity index (χ1v) is 6.35. The van der Waals surface area contributed by atoms with Crippen molar-refractivity contribution < 1.29 is 19.4 Å². The van der Waals surface area contributed by atoms with Crippen LogP contribution in [0.5, 0.6) is 0 Å². The minimum atomic E-state index is -1.18. The highest BCUT2D eigenvalue weighted by atomic mass is 16.5. The molecule has 5 nitrogen and oxygen atoms in total. The number of aromatic nitrogens is 1. The van der Waals surface area contributed by atoms with Gasteiger partial charge in [0.15, 0.2) is 5.92 Å². The smallest absolute Gasteiger partial charge is 0.320 e. The van der Waals surface area contributed by atoms with Crippen molar-refractivity contribution in [3.63, 3.8) is 0 Å². The monoisotopic (exact) mass is 273 g/mol. The lowest BCUT2D eigenvalue weighted by Gasteiger charge is -2.11. The van der Waals surface area contributed by atoms with Crippen LogP contribution in [-0.2, 0) is 20.7 Å². The van der Waals surface area contributed by atoms with Gasteiger partial charge in [0, 0.05) is 11.6 Å². The van der Waals surface area contributed by atoms with Gasteiger partial charge < -0.3 is 9.84 Å². The van der Waals surface area contributed by atoms with Crippen molar-refractivity contribution in [2.45, 2.75) is 13.3 Å². The molecule has 0 saturated heterocycles. The van der Waals surface area contributed by atoms with Gasteiger partial charge in [0.2, 0.25) is 0 Å². The number of nitrogens with zero attached hydrogens (tertiary/aromatic N) is 1. The number of rotatable bonds is 5. The molecule has 0 aliphatic rings. The Kier molecular flexibility index (Phi) is 4.30. The molecule has 2 rings (SSSR count). The predicted octanol–water partition coefficient (Wildman–Crippen LogP) is 2.04. The Balaban J connectivity index is 2.24. The average molecular weight is 273 g/mol. The molecular formula is C15H15NO4. The topological polar surface area (TPSA) is 76.5 Å². The maximum atomic E-state index is 11.6. The van der Waals surface area contributed by atoms with Crippen molar-refractivity contribution in [1.29, 1.82) is 0 Å². The summed E-state index contributed by atoms with van der Waals surface area (Å²) < 4.78 is 4.79. The van der Waals surface area contributed by atoms with Crippen molar-refractivity contribution in [3.8, 4) is 0 Å². The van der Waals surface area contributed by atoms with Crippen molar-refractivity contribution >= 4 is 22.8 Å². The predicted molar refractivity (Wildman–Crippen MR) is 73.2 cm³/mol. The third kappa shape index (κ3) is 3.12. The van der Waals surface area contributed by atoms with E-state index < -0.39 is 17.9 Å². The van der Waals surface area contributed by atoms with Crippen LogP contribution in [0.4, 0.5) is 0 Å². The maximum absolute atomic E-state index is 11.6. The van der Waals surface area contributed by atoms with Crippen molar-refractivity contribution in [1.82, 2.24) is 4.98 Å².